The van der Waals surface area contributed by atoms with Crippen LogP contribution in [0.25, 0.3) is 11.0 Å². The first kappa shape index (κ1) is 12.0. The van der Waals surface area contributed by atoms with Crippen molar-refractivity contribution in [1.82, 2.24) is 5.32 Å². The lowest BCUT2D eigenvalue weighted by atomic mass is 10.2. The van der Waals surface area contributed by atoms with Crippen molar-refractivity contribution < 1.29 is 9.21 Å². The minimum absolute atomic E-state index is 0.0132. The van der Waals surface area contributed by atoms with Crippen LogP contribution in [0.1, 0.15) is 28.4 Å². The lowest BCUT2D eigenvalue weighted by Gasteiger charge is -2.10. The standard InChI is InChI=1S/C15H13NO2S/c1-10(14-7-4-8-19-14)16-15(17)13-9-11-5-2-3-6-12(11)18-13/h2-10H,1H3,(H,16,17)/t10-/m1/s1. The maximum absolute atomic E-state index is 12.1. The third kappa shape index (κ3) is 2.39. The number of para-hydroxylation sites is 1. The van der Waals surface area contributed by atoms with Crippen LogP contribution in [-0.4, -0.2) is 5.91 Å². The highest BCUT2D eigenvalue weighted by Gasteiger charge is 2.15. The molecule has 0 fully saturated rings. The highest BCUT2D eigenvalue weighted by atomic mass is 32.1. The molecule has 2 aromatic heterocycles. The van der Waals surface area contributed by atoms with Gasteiger partial charge in [0.1, 0.15) is 5.58 Å². The molecular formula is C15H13NO2S. The van der Waals surface area contributed by atoms with Crippen LogP contribution < -0.4 is 5.32 Å². The summed E-state index contributed by atoms with van der Waals surface area (Å²) in [5.41, 5.74) is 0.733. The fourth-order valence-corrected chi connectivity index (χ4v) is 2.70. The second kappa shape index (κ2) is 4.90. The zero-order valence-electron chi connectivity index (χ0n) is 10.4. The van der Waals surface area contributed by atoms with E-state index in [2.05, 4.69) is 5.32 Å². The molecular weight excluding hydrogens is 258 g/mol. The maximum atomic E-state index is 12.1. The molecule has 0 unspecified atom stereocenters. The Hall–Kier alpha value is -2.07. The van der Waals surface area contributed by atoms with Gasteiger partial charge in [-0.2, -0.15) is 0 Å². The van der Waals surface area contributed by atoms with E-state index in [0.717, 1.165) is 15.8 Å². The fourth-order valence-electron chi connectivity index (χ4n) is 1.97. The number of thiophene rings is 1. The molecule has 19 heavy (non-hydrogen) atoms. The number of hydrogen-bond acceptors (Lipinski definition) is 3. The topological polar surface area (TPSA) is 42.2 Å². The normalized spacial score (nSPS) is 12.5. The molecule has 1 atom stereocenters. The molecule has 3 rings (SSSR count). The van der Waals surface area contributed by atoms with E-state index in [9.17, 15) is 4.79 Å². The van der Waals surface area contributed by atoms with Crippen LogP contribution >= 0.6 is 11.3 Å². The Bertz CT molecular complexity index is 667. The fraction of sp³-hybridized carbons (Fsp3) is 0.133. The van der Waals surface area contributed by atoms with Gasteiger partial charge in [-0.3, -0.25) is 4.79 Å². The van der Waals surface area contributed by atoms with Gasteiger partial charge in [-0.15, -0.1) is 11.3 Å². The quantitative estimate of drug-likeness (QED) is 0.782. The molecule has 0 saturated heterocycles. The zero-order valence-corrected chi connectivity index (χ0v) is 11.2. The van der Waals surface area contributed by atoms with Crippen LogP contribution in [0.15, 0.2) is 52.3 Å². The molecule has 0 radical (unpaired) electrons. The first-order valence-electron chi connectivity index (χ1n) is 6.07. The van der Waals surface area contributed by atoms with Crippen LogP contribution in [0, 0.1) is 0 Å². The highest BCUT2D eigenvalue weighted by molar-refractivity contribution is 7.10. The van der Waals surface area contributed by atoms with Crippen molar-refractivity contribution in [2.75, 3.05) is 0 Å². The van der Waals surface area contributed by atoms with Crippen molar-refractivity contribution in [2.24, 2.45) is 0 Å². The predicted octanol–water partition coefficient (Wildman–Crippen LogP) is 3.99. The number of rotatable bonds is 3. The molecule has 3 nitrogen and oxygen atoms in total. The first-order chi connectivity index (χ1) is 9.24. The Balaban J connectivity index is 1.80. The van der Waals surface area contributed by atoms with Crippen LogP contribution in [-0.2, 0) is 0 Å². The van der Waals surface area contributed by atoms with Crippen molar-refractivity contribution in [3.05, 3.63) is 58.5 Å². The van der Waals surface area contributed by atoms with Crippen molar-refractivity contribution in [1.29, 1.82) is 0 Å². The summed E-state index contributed by atoms with van der Waals surface area (Å²) < 4.78 is 5.54. The predicted molar refractivity (Wildman–Crippen MR) is 76.4 cm³/mol. The molecule has 0 saturated carbocycles. The Morgan fingerprint density at radius 1 is 1.26 bits per heavy atom. The number of amides is 1. The van der Waals surface area contributed by atoms with Crippen molar-refractivity contribution in [2.45, 2.75) is 13.0 Å². The third-order valence-electron chi connectivity index (χ3n) is 2.97. The molecule has 0 spiro atoms. The Kier molecular flexibility index (Phi) is 3.09. The smallest absolute Gasteiger partial charge is 0.287 e. The van der Waals surface area contributed by atoms with Crippen LogP contribution in [0.4, 0.5) is 0 Å². The second-order valence-corrected chi connectivity index (χ2v) is 5.34. The van der Waals surface area contributed by atoms with Crippen molar-refractivity contribution in [3.63, 3.8) is 0 Å². The van der Waals surface area contributed by atoms with Crippen molar-refractivity contribution in [3.8, 4) is 0 Å². The Morgan fingerprint density at radius 2 is 2.11 bits per heavy atom. The summed E-state index contributed by atoms with van der Waals surface area (Å²) in [5, 5.41) is 5.88. The van der Waals surface area contributed by atoms with Gasteiger partial charge >= 0.3 is 0 Å². The lowest BCUT2D eigenvalue weighted by molar-refractivity contribution is 0.0914. The third-order valence-corrected chi connectivity index (χ3v) is 4.02. The molecule has 0 aliphatic heterocycles. The number of carbonyl (C=O) groups excluding carboxylic acids is 1. The molecule has 0 aliphatic carbocycles. The van der Waals surface area contributed by atoms with E-state index in [0.29, 0.717) is 5.76 Å². The summed E-state index contributed by atoms with van der Waals surface area (Å²) in [6, 6.07) is 13.3. The largest absolute Gasteiger partial charge is 0.451 e. The maximum Gasteiger partial charge on any atom is 0.287 e. The van der Waals surface area contributed by atoms with Gasteiger partial charge in [0.15, 0.2) is 5.76 Å². The molecule has 1 N–H and O–H groups in total. The van der Waals surface area contributed by atoms with E-state index in [1.807, 2.05) is 48.7 Å². The molecule has 4 heteroatoms. The SMILES string of the molecule is C[C@@H](NC(=O)c1cc2ccccc2o1)c1cccs1. The van der Waals surface area contributed by atoms with Crippen LogP contribution in [0.5, 0.6) is 0 Å². The first-order valence-corrected chi connectivity index (χ1v) is 6.95. The molecule has 0 bridgehead atoms. The Labute approximate surface area is 114 Å². The van der Waals surface area contributed by atoms with E-state index < -0.39 is 0 Å². The molecule has 96 valence electrons. The molecule has 1 aromatic carbocycles. The van der Waals surface area contributed by atoms with E-state index in [1.165, 1.54) is 0 Å². The Morgan fingerprint density at radius 3 is 2.84 bits per heavy atom. The number of hydrogen-bond donors (Lipinski definition) is 1. The molecule has 3 aromatic rings. The molecule has 2 heterocycles. The van der Waals surface area contributed by atoms with Gasteiger partial charge in [0.25, 0.3) is 5.91 Å². The highest BCUT2D eigenvalue weighted by Crippen LogP contribution is 2.21. The number of carbonyl (C=O) groups is 1. The summed E-state index contributed by atoms with van der Waals surface area (Å²) in [6.45, 7) is 1.96. The van der Waals surface area contributed by atoms with Crippen LogP contribution in [0.3, 0.4) is 0 Å². The lowest BCUT2D eigenvalue weighted by Crippen LogP contribution is -2.25. The van der Waals surface area contributed by atoms with Gasteiger partial charge in [0, 0.05) is 10.3 Å². The minimum Gasteiger partial charge on any atom is -0.451 e. The van der Waals surface area contributed by atoms with E-state index in [4.69, 9.17) is 4.42 Å². The van der Waals surface area contributed by atoms with Gasteiger partial charge in [-0.1, -0.05) is 24.3 Å². The average Bonchev–Trinajstić information content (AvgIpc) is 3.07. The molecule has 1 amide bonds. The van der Waals surface area contributed by atoms with Gasteiger partial charge in [-0.25, -0.2) is 0 Å². The molecule has 0 aliphatic rings. The van der Waals surface area contributed by atoms with Gasteiger partial charge in [0.05, 0.1) is 6.04 Å². The summed E-state index contributed by atoms with van der Waals surface area (Å²) >= 11 is 1.63. The van der Waals surface area contributed by atoms with Crippen LogP contribution in [0.2, 0.25) is 0 Å². The summed E-state index contributed by atoms with van der Waals surface area (Å²) in [6.07, 6.45) is 0. The van der Waals surface area contributed by atoms with Crippen molar-refractivity contribution >= 4 is 28.2 Å². The summed E-state index contributed by atoms with van der Waals surface area (Å²) in [5.74, 6) is 0.168. The summed E-state index contributed by atoms with van der Waals surface area (Å²) in [7, 11) is 0. The van der Waals surface area contributed by atoms with E-state index in [-0.39, 0.29) is 11.9 Å². The number of nitrogens with one attached hydrogen (secondary N) is 1. The average molecular weight is 271 g/mol. The monoisotopic (exact) mass is 271 g/mol. The van der Waals surface area contributed by atoms with Gasteiger partial charge < -0.3 is 9.73 Å². The van der Waals surface area contributed by atoms with Gasteiger partial charge in [-0.05, 0) is 30.5 Å². The van der Waals surface area contributed by atoms with E-state index >= 15 is 0 Å². The minimum atomic E-state index is -0.183. The van der Waals surface area contributed by atoms with E-state index in [1.54, 1.807) is 17.4 Å². The zero-order chi connectivity index (χ0) is 13.2. The number of fused-ring (bicyclic) bond motifs is 1. The van der Waals surface area contributed by atoms with Gasteiger partial charge in [0.2, 0.25) is 0 Å². The summed E-state index contributed by atoms with van der Waals surface area (Å²) in [4.78, 5) is 13.2. The number of furan rings is 1. The second-order valence-electron chi connectivity index (χ2n) is 4.36. The number of benzene rings is 1.